The second-order valence-electron chi connectivity index (χ2n) is 13.7. The van der Waals surface area contributed by atoms with Gasteiger partial charge in [0.1, 0.15) is 0 Å². The van der Waals surface area contributed by atoms with Crippen molar-refractivity contribution >= 4 is 57.6 Å². The van der Waals surface area contributed by atoms with Crippen LogP contribution in [0.2, 0.25) is 10.0 Å². The molecule has 4 N–H and O–H groups in total. The molecule has 1 aliphatic heterocycles. The fourth-order valence-electron chi connectivity index (χ4n) is 7.66. The number of rotatable bonds is 8. The van der Waals surface area contributed by atoms with Crippen LogP contribution >= 0.6 is 23.2 Å². The number of aliphatic hydroxyl groups excluding tert-OH is 1. The van der Waals surface area contributed by atoms with Gasteiger partial charge in [0.05, 0.1) is 29.7 Å². The number of hydrogen-bond donors (Lipinski definition) is 4. The molecule has 4 fully saturated rings. The van der Waals surface area contributed by atoms with Crippen molar-refractivity contribution in [1.82, 2.24) is 25.1 Å². The van der Waals surface area contributed by atoms with Crippen molar-refractivity contribution in [1.29, 1.82) is 0 Å². The zero-order valence-corrected chi connectivity index (χ0v) is 28.3. The van der Waals surface area contributed by atoms with Crippen LogP contribution in [-0.2, 0) is 17.8 Å². The molecule has 7 rings (SSSR count). The first-order valence-electron chi connectivity index (χ1n) is 16.2. The zero-order chi connectivity index (χ0) is 32.7. The molecule has 1 aromatic heterocycles. The summed E-state index contributed by atoms with van der Waals surface area (Å²) >= 11 is 12.5. The number of fused-ring (bicyclic) bond motifs is 3. The topological polar surface area (TPSA) is 124 Å². The van der Waals surface area contributed by atoms with Crippen molar-refractivity contribution in [2.24, 2.45) is 28.2 Å². The van der Waals surface area contributed by atoms with Crippen LogP contribution < -0.4 is 21.5 Å². The van der Waals surface area contributed by atoms with E-state index in [0.717, 1.165) is 12.0 Å². The van der Waals surface area contributed by atoms with Gasteiger partial charge in [-0.05, 0) is 85.3 Å². The van der Waals surface area contributed by atoms with Gasteiger partial charge in [-0.2, -0.15) is 0 Å². The van der Waals surface area contributed by atoms with E-state index >= 15 is 0 Å². The van der Waals surface area contributed by atoms with E-state index in [-0.39, 0.29) is 43.2 Å². The molecule has 4 aliphatic rings. The Morgan fingerprint density at radius 1 is 1.15 bits per heavy atom. The van der Waals surface area contributed by atoms with Gasteiger partial charge in [-0.25, -0.2) is 9.98 Å². The summed E-state index contributed by atoms with van der Waals surface area (Å²) in [6, 6.07) is 10.9. The second kappa shape index (κ2) is 13.0. The van der Waals surface area contributed by atoms with Gasteiger partial charge in [0.2, 0.25) is 11.9 Å². The maximum absolute atomic E-state index is 13.8. The summed E-state index contributed by atoms with van der Waals surface area (Å²) in [6.07, 6.45) is 2.84. The van der Waals surface area contributed by atoms with Crippen molar-refractivity contribution < 1.29 is 9.90 Å². The van der Waals surface area contributed by atoms with E-state index in [1.54, 1.807) is 28.8 Å². The first-order valence-corrected chi connectivity index (χ1v) is 16.9. The lowest BCUT2D eigenvalue weighted by molar-refractivity contribution is -0.124. The molecule has 46 heavy (non-hydrogen) atoms. The fraction of sp³-hybridized carbons (Fsp3) is 0.529. The molecule has 3 aliphatic carbocycles. The van der Waals surface area contributed by atoms with Crippen LogP contribution in [0.3, 0.4) is 0 Å². The standard InChI is InChI=1S/C34H43Cl2N7O3/c1-19-17-42(18-30(45)38-19)33(40-28-14-22-13-26(20(28)2)34(22,3)4)39-24-7-8-25-29(16-24)41-32(37-10-12-44)43(31(25)46)11-9-21-5-6-23(35)15-27(21)36/h5-8,15-16,19-20,22,26,28,44H,9-14,17-18H2,1-4H3,(H,37,41)(H,38,45)(H,39,40)/t19-,20+,22+,26+,28-/m0/s1. The molecule has 3 saturated carbocycles. The minimum atomic E-state index is -0.205. The number of piperazine rings is 1. The van der Waals surface area contributed by atoms with E-state index in [2.05, 4.69) is 36.7 Å². The van der Waals surface area contributed by atoms with Gasteiger partial charge >= 0.3 is 0 Å². The Bertz CT molecular complexity index is 1720. The Kier molecular flexibility index (Phi) is 9.24. The highest BCUT2D eigenvalue weighted by atomic mass is 35.5. The van der Waals surface area contributed by atoms with Crippen LogP contribution in [0.5, 0.6) is 0 Å². The van der Waals surface area contributed by atoms with Gasteiger partial charge < -0.3 is 26.0 Å². The van der Waals surface area contributed by atoms with E-state index in [1.165, 1.54) is 6.42 Å². The minimum Gasteiger partial charge on any atom is -0.395 e. The van der Waals surface area contributed by atoms with Crippen LogP contribution in [0.1, 0.15) is 46.1 Å². The Morgan fingerprint density at radius 2 is 1.96 bits per heavy atom. The Labute approximate surface area is 279 Å². The van der Waals surface area contributed by atoms with Crippen molar-refractivity contribution in [2.45, 2.75) is 65.6 Å². The molecule has 12 heteroatoms. The summed E-state index contributed by atoms with van der Waals surface area (Å²) in [7, 11) is 0. The summed E-state index contributed by atoms with van der Waals surface area (Å²) < 4.78 is 1.57. The highest BCUT2D eigenvalue weighted by Gasteiger charge is 2.56. The van der Waals surface area contributed by atoms with E-state index in [9.17, 15) is 14.7 Å². The summed E-state index contributed by atoms with van der Waals surface area (Å²) in [6.45, 7) is 10.4. The van der Waals surface area contributed by atoms with Gasteiger partial charge in [-0.3, -0.25) is 14.2 Å². The molecule has 0 spiro atoms. The number of anilines is 1. The molecular formula is C34H43Cl2N7O3. The third-order valence-corrected chi connectivity index (χ3v) is 11.0. The normalized spacial score (nSPS) is 25.6. The molecule has 1 amide bonds. The number of carbonyl (C=O) groups excluding carboxylic acids is 1. The number of carbonyl (C=O) groups is 1. The summed E-state index contributed by atoms with van der Waals surface area (Å²) in [5.74, 6) is 2.79. The molecule has 0 unspecified atom stereocenters. The van der Waals surface area contributed by atoms with E-state index in [4.69, 9.17) is 33.2 Å². The Morgan fingerprint density at radius 3 is 2.65 bits per heavy atom. The number of halogens is 2. The lowest BCUT2D eigenvalue weighted by Gasteiger charge is -2.62. The first-order chi connectivity index (χ1) is 21.9. The minimum absolute atomic E-state index is 0.0102. The van der Waals surface area contributed by atoms with Crippen LogP contribution in [0.4, 0.5) is 11.6 Å². The number of aromatic nitrogens is 2. The Balaban J connectivity index is 1.33. The lowest BCUT2D eigenvalue weighted by Crippen LogP contribution is -2.63. The van der Waals surface area contributed by atoms with Gasteiger partial charge in [0.15, 0.2) is 5.96 Å². The molecular weight excluding hydrogens is 625 g/mol. The van der Waals surface area contributed by atoms with Crippen molar-refractivity contribution in [3.63, 3.8) is 0 Å². The van der Waals surface area contributed by atoms with Crippen molar-refractivity contribution in [3.05, 3.63) is 62.4 Å². The predicted molar refractivity (Wildman–Crippen MR) is 184 cm³/mol. The Hall–Kier alpha value is -3.34. The van der Waals surface area contributed by atoms with E-state index in [0.29, 0.717) is 81.2 Å². The number of aliphatic hydroxyl groups is 1. The summed E-state index contributed by atoms with van der Waals surface area (Å²) in [5.41, 5.74) is 2.14. The van der Waals surface area contributed by atoms with Gasteiger partial charge in [-0.1, -0.05) is 50.0 Å². The molecule has 2 aromatic carbocycles. The maximum Gasteiger partial charge on any atom is 0.262 e. The van der Waals surface area contributed by atoms with Crippen molar-refractivity contribution in [2.75, 3.05) is 31.6 Å². The average Bonchev–Trinajstić information content (AvgIpc) is 3.00. The van der Waals surface area contributed by atoms with Crippen LogP contribution in [0.25, 0.3) is 10.9 Å². The van der Waals surface area contributed by atoms with Crippen LogP contribution in [-0.4, -0.2) is 69.7 Å². The lowest BCUT2D eigenvalue weighted by atomic mass is 9.45. The summed E-state index contributed by atoms with van der Waals surface area (Å²) in [5, 5.41) is 20.9. The summed E-state index contributed by atoms with van der Waals surface area (Å²) in [4.78, 5) is 38.2. The molecule has 1 saturated heterocycles. The third kappa shape index (κ3) is 6.44. The van der Waals surface area contributed by atoms with Gasteiger partial charge in [0, 0.05) is 41.8 Å². The molecule has 10 nitrogen and oxygen atoms in total. The average molecular weight is 669 g/mol. The highest BCUT2D eigenvalue weighted by Crippen LogP contribution is 2.61. The number of guanidine groups is 1. The largest absolute Gasteiger partial charge is 0.395 e. The highest BCUT2D eigenvalue weighted by molar-refractivity contribution is 6.35. The first kappa shape index (κ1) is 32.6. The SMILES string of the molecule is C[C@H]1[C@@H](NC(=Nc2ccc3c(=O)n(CCc4ccc(Cl)cc4Cl)c(NCCO)nc3c2)N2CC(=O)N[C@@H](C)C2)C[C@H]2C[C@H]1C2(C)C. The quantitative estimate of drug-likeness (QED) is 0.201. The third-order valence-electron chi connectivity index (χ3n) is 10.4. The van der Waals surface area contributed by atoms with Gasteiger partial charge in [0.25, 0.3) is 5.56 Å². The van der Waals surface area contributed by atoms with E-state index in [1.807, 2.05) is 24.0 Å². The number of nitrogens with one attached hydrogen (secondary N) is 3. The second-order valence-corrected chi connectivity index (χ2v) is 14.6. The van der Waals surface area contributed by atoms with Crippen molar-refractivity contribution in [3.8, 4) is 0 Å². The molecule has 2 heterocycles. The monoisotopic (exact) mass is 667 g/mol. The zero-order valence-electron chi connectivity index (χ0n) is 26.8. The predicted octanol–water partition coefficient (Wildman–Crippen LogP) is 4.82. The number of hydrogen-bond acceptors (Lipinski definition) is 6. The molecule has 5 atom stereocenters. The fourth-order valence-corrected chi connectivity index (χ4v) is 8.17. The number of aliphatic imine (C=N–C) groups is 1. The maximum atomic E-state index is 13.8. The number of amides is 1. The molecule has 246 valence electrons. The molecule has 0 radical (unpaired) electrons. The molecule has 3 aromatic rings. The van der Waals surface area contributed by atoms with E-state index < -0.39 is 0 Å². The van der Waals surface area contributed by atoms with Crippen LogP contribution in [0, 0.1) is 23.2 Å². The smallest absolute Gasteiger partial charge is 0.262 e. The number of aryl methyl sites for hydroxylation is 1. The van der Waals surface area contributed by atoms with Gasteiger partial charge in [-0.15, -0.1) is 0 Å². The molecule has 2 bridgehead atoms. The number of nitrogens with zero attached hydrogens (tertiary/aromatic N) is 4. The number of benzene rings is 2. The van der Waals surface area contributed by atoms with Crippen LogP contribution in [0.15, 0.2) is 46.2 Å².